The predicted molar refractivity (Wildman–Crippen MR) is 95.7 cm³/mol. The Kier molecular flexibility index (Phi) is 4.71. The number of carbonyl (C=O) groups excluding carboxylic acids is 1. The summed E-state index contributed by atoms with van der Waals surface area (Å²) in [5.74, 6) is -0.0914. The Labute approximate surface area is 145 Å². The summed E-state index contributed by atoms with van der Waals surface area (Å²) in [6, 6.07) is 15.8. The van der Waals surface area contributed by atoms with E-state index in [1.54, 1.807) is 24.8 Å². The van der Waals surface area contributed by atoms with Crippen LogP contribution in [0.1, 0.15) is 27.4 Å². The van der Waals surface area contributed by atoms with Crippen LogP contribution in [0.15, 0.2) is 62.8 Å². The molecule has 24 heavy (non-hydrogen) atoms. The number of rotatable bonds is 4. The summed E-state index contributed by atoms with van der Waals surface area (Å²) in [7, 11) is 0. The summed E-state index contributed by atoms with van der Waals surface area (Å²) in [6.45, 7) is 6.00. The van der Waals surface area contributed by atoms with E-state index in [-0.39, 0.29) is 11.7 Å². The van der Waals surface area contributed by atoms with Crippen molar-refractivity contribution >= 4 is 23.4 Å². The summed E-state index contributed by atoms with van der Waals surface area (Å²) < 4.78 is 4.96. The Bertz CT molecular complexity index is 869. The molecule has 0 saturated heterocycles. The first-order valence-corrected chi connectivity index (χ1v) is 8.43. The number of amides is 1. The van der Waals surface area contributed by atoms with Gasteiger partial charge in [-0.2, -0.15) is 0 Å². The van der Waals surface area contributed by atoms with Crippen LogP contribution in [-0.2, 0) is 0 Å². The molecule has 0 radical (unpaired) electrons. The van der Waals surface area contributed by atoms with Gasteiger partial charge < -0.3 is 9.84 Å². The molecule has 2 aromatic carbocycles. The largest absolute Gasteiger partial charge is 0.351 e. The number of aromatic nitrogens is 1. The molecule has 1 heterocycles. The minimum absolute atomic E-state index is 0.209. The van der Waals surface area contributed by atoms with E-state index < -0.39 is 0 Å². The molecule has 1 N–H and O–H groups in total. The van der Waals surface area contributed by atoms with Gasteiger partial charge in [-0.3, -0.25) is 4.79 Å². The van der Waals surface area contributed by atoms with Crippen LogP contribution < -0.4 is 5.32 Å². The summed E-state index contributed by atoms with van der Waals surface area (Å²) >= 11 is 1.70. The minimum Gasteiger partial charge on any atom is -0.351 e. The monoisotopic (exact) mass is 338 g/mol. The maximum absolute atomic E-state index is 12.0. The standard InChI is InChI=1S/C19H18N2O2S/c1-12-4-7-17(10-13(12)2)24-16-8-5-15(6-9-16)20-19(22)18-11-14(3)21-23-18/h4-11H,1-3H3,(H,20,22). The van der Waals surface area contributed by atoms with E-state index in [1.165, 1.54) is 16.0 Å². The molecule has 0 saturated carbocycles. The van der Waals surface area contributed by atoms with E-state index in [0.29, 0.717) is 5.69 Å². The summed E-state index contributed by atoms with van der Waals surface area (Å²) in [6.07, 6.45) is 0. The number of hydrogen-bond donors (Lipinski definition) is 1. The van der Waals surface area contributed by atoms with Crippen LogP contribution in [0, 0.1) is 20.8 Å². The zero-order valence-corrected chi connectivity index (χ0v) is 14.6. The average molecular weight is 338 g/mol. The molecule has 0 spiro atoms. The Morgan fingerprint density at radius 3 is 2.29 bits per heavy atom. The first kappa shape index (κ1) is 16.3. The number of nitrogens with zero attached hydrogens (tertiary/aromatic N) is 1. The van der Waals surface area contributed by atoms with E-state index in [2.05, 4.69) is 42.5 Å². The van der Waals surface area contributed by atoms with Crippen LogP contribution in [0.25, 0.3) is 0 Å². The van der Waals surface area contributed by atoms with Crippen molar-refractivity contribution in [3.05, 3.63) is 71.1 Å². The molecule has 0 aliphatic carbocycles. The maximum atomic E-state index is 12.0. The summed E-state index contributed by atoms with van der Waals surface area (Å²) in [5, 5.41) is 6.51. The Balaban J connectivity index is 1.66. The number of aryl methyl sites for hydroxylation is 3. The second kappa shape index (κ2) is 6.93. The van der Waals surface area contributed by atoms with E-state index in [4.69, 9.17) is 4.52 Å². The highest BCUT2D eigenvalue weighted by Gasteiger charge is 2.11. The van der Waals surface area contributed by atoms with Crippen molar-refractivity contribution in [1.82, 2.24) is 5.16 Å². The molecule has 4 nitrogen and oxygen atoms in total. The molecule has 3 aromatic rings. The van der Waals surface area contributed by atoms with Gasteiger partial charge in [0.2, 0.25) is 5.76 Å². The van der Waals surface area contributed by atoms with Gasteiger partial charge in [0, 0.05) is 21.5 Å². The minimum atomic E-state index is -0.301. The van der Waals surface area contributed by atoms with Gasteiger partial charge >= 0.3 is 0 Å². The van der Waals surface area contributed by atoms with Gasteiger partial charge in [-0.1, -0.05) is 23.0 Å². The number of hydrogen-bond acceptors (Lipinski definition) is 4. The molecule has 0 unspecified atom stereocenters. The van der Waals surface area contributed by atoms with Crippen molar-refractivity contribution in [2.75, 3.05) is 5.32 Å². The molecule has 5 heteroatoms. The SMILES string of the molecule is Cc1cc(C(=O)Nc2ccc(Sc3ccc(C)c(C)c3)cc2)on1. The predicted octanol–water partition coefficient (Wildman–Crippen LogP) is 5.00. The highest BCUT2D eigenvalue weighted by atomic mass is 32.2. The number of nitrogens with one attached hydrogen (secondary N) is 1. The Morgan fingerprint density at radius 2 is 1.67 bits per heavy atom. The normalized spacial score (nSPS) is 10.6. The first-order valence-electron chi connectivity index (χ1n) is 7.61. The van der Waals surface area contributed by atoms with Gasteiger partial charge in [-0.25, -0.2) is 0 Å². The third-order valence-corrected chi connectivity index (χ3v) is 4.68. The summed E-state index contributed by atoms with van der Waals surface area (Å²) in [5.41, 5.74) is 3.98. The van der Waals surface area contributed by atoms with Crippen LogP contribution in [0.5, 0.6) is 0 Å². The molecule has 1 amide bonds. The maximum Gasteiger partial charge on any atom is 0.294 e. The van der Waals surface area contributed by atoms with Crippen LogP contribution in [0.2, 0.25) is 0 Å². The fourth-order valence-electron chi connectivity index (χ4n) is 2.18. The number of carbonyl (C=O) groups is 1. The van der Waals surface area contributed by atoms with Crippen LogP contribution in [0.3, 0.4) is 0 Å². The Morgan fingerprint density at radius 1 is 0.958 bits per heavy atom. The van der Waals surface area contributed by atoms with Crippen LogP contribution >= 0.6 is 11.8 Å². The van der Waals surface area contributed by atoms with Gasteiger partial charge in [-0.05, 0) is 68.3 Å². The van der Waals surface area contributed by atoms with E-state index in [1.807, 2.05) is 24.3 Å². The van der Waals surface area contributed by atoms with Crippen molar-refractivity contribution < 1.29 is 9.32 Å². The third-order valence-electron chi connectivity index (χ3n) is 3.68. The van der Waals surface area contributed by atoms with E-state index in [0.717, 1.165) is 10.6 Å². The van der Waals surface area contributed by atoms with Crippen LogP contribution in [0.4, 0.5) is 5.69 Å². The molecule has 0 bridgehead atoms. The fraction of sp³-hybridized carbons (Fsp3) is 0.158. The lowest BCUT2D eigenvalue weighted by Gasteiger charge is -2.07. The quantitative estimate of drug-likeness (QED) is 0.727. The highest BCUT2D eigenvalue weighted by Crippen LogP contribution is 2.29. The van der Waals surface area contributed by atoms with Gasteiger partial charge in [0.15, 0.2) is 0 Å². The second-order valence-corrected chi connectivity index (χ2v) is 6.81. The zero-order chi connectivity index (χ0) is 17.1. The molecule has 0 fully saturated rings. The highest BCUT2D eigenvalue weighted by molar-refractivity contribution is 7.99. The molecule has 3 rings (SSSR count). The van der Waals surface area contributed by atoms with Gasteiger partial charge in [0.25, 0.3) is 5.91 Å². The molecule has 0 aliphatic rings. The third kappa shape index (κ3) is 3.86. The average Bonchev–Trinajstić information content (AvgIpc) is 2.99. The molecule has 122 valence electrons. The second-order valence-electron chi connectivity index (χ2n) is 5.66. The van der Waals surface area contributed by atoms with Gasteiger partial charge in [0.1, 0.15) is 0 Å². The summed E-state index contributed by atoms with van der Waals surface area (Å²) in [4.78, 5) is 14.3. The van der Waals surface area contributed by atoms with E-state index in [9.17, 15) is 4.79 Å². The topological polar surface area (TPSA) is 55.1 Å². The Hall–Kier alpha value is -2.53. The van der Waals surface area contributed by atoms with Crippen molar-refractivity contribution in [3.8, 4) is 0 Å². The van der Waals surface area contributed by atoms with Crippen molar-refractivity contribution in [2.24, 2.45) is 0 Å². The van der Waals surface area contributed by atoms with Crippen LogP contribution in [-0.4, -0.2) is 11.1 Å². The smallest absolute Gasteiger partial charge is 0.294 e. The lowest BCUT2D eigenvalue weighted by atomic mass is 10.1. The van der Waals surface area contributed by atoms with Crippen molar-refractivity contribution in [2.45, 2.75) is 30.6 Å². The van der Waals surface area contributed by atoms with Crippen molar-refractivity contribution in [3.63, 3.8) is 0 Å². The van der Waals surface area contributed by atoms with Crippen molar-refractivity contribution in [1.29, 1.82) is 0 Å². The first-order chi connectivity index (χ1) is 11.5. The van der Waals surface area contributed by atoms with Gasteiger partial charge in [-0.15, -0.1) is 0 Å². The zero-order valence-electron chi connectivity index (χ0n) is 13.8. The molecule has 1 aromatic heterocycles. The number of anilines is 1. The van der Waals surface area contributed by atoms with E-state index >= 15 is 0 Å². The molecular weight excluding hydrogens is 320 g/mol. The molecule has 0 aliphatic heterocycles. The lowest BCUT2D eigenvalue weighted by Crippen LogP contribution is -2.10. The lowest BCUT2D eigenvalue weighted by molar-refractivity contribution is 0.0988. The molecular formula is C19H18N2O2S. The van der Waals surface area contributed by atoms with Gasteiger partial charge in [0.05, 0.1) is 5.69 Å². The fourth-order valence-corrected chi connectivity index (χ4v) is 3.10. The molecule has 0 atom stereocenters. The number of benzene rings is 2.